The van der Waals surface area contributed by atoms with Crippen LogP contribution >= 0.6 is 35.0 Å². The van der Waals surface area contributed by atoms with Crippen molar-refractivity contribution < 1.29 is 24.2 Å². The topological polar surface area (TPSA) is 76.1 Å². The Bertz CT molecular complexity index is 1030. The third kappa shape index (κ3) is 5.98. The Labute approximate surface area is 201 Å². The lowest BCUT2D eigenvalue weighted by atomic mass is 10.1. The van der Waals surface area contributed by atoms with Crippen LogP contribution in [0, 0.1) is 0 Å². The second-order valence-electron chi connectivity index (χ2n) is 7.17. The molecule has 0 radical (unpaired) electrons. The number of rotatable bonds is 9. The van der Waals surface area contributed by atoms with Gasteiger partial charge in [0.25, 0.3) is 11.1 Å². The summed E-state index contributed by atoms with van der Waals surface area (Å²) in [5.41, 5.74) is 1.59. The maximum absolute atomic E-state index is 12.0. The van der Waals surface area contributed by atoms with Gasteiger partial charge in [-0.15, -0.1) is 0 Å². The number of aliphatic hydroxyl groups is 1. The first-order chi connectivity index (χ1) is 15.3. The van der Waals surface area contributed by atoms with Crippen molar-refractivity contribution in [1.82, 2.24) is 4.90 Å². The standard InChI is InChI=1S/C23H23Cl2NO5S/c1-3-4-17-19(10-9-18(24)21(17)25)31-13-15(27)12-30-16-7-5-14(6-8-16)11-20-22(28)26(2)23(29)32-20/h5-11,15,27H,3-4,12-13H2,1-2H3/b20-11-. The van der Waals surface area contributed by atoms with E-state index in [1.54, 1.807) is 42.5 Å². The molecule has 0 bridgehead atoms. The number of nitrogens with zero attached hydrogens (tertiary/aromatic N) is 1. The van der Waals surface area contributed by atoms with E-state index < -0.39 is 6.10 Å². The van der Waals surface area contributed by atoms with Crippen molar-refractivity contribution in [2.45, 2.75) is 25.9 Å². The summed E-state index contributed by atoms with van der Waals surface area (Å²) in [6.07, 6.45) is 2.41. The maximum Gasteiger partial charge on any atom is 0.293 e. The van der Waals surface area contributed by atoms with E-state index in [1.807, 2.05) is 6.92 Å². The van der Waals surface area contributed by atoms with Crippen LogP contribution in [0.4, 0.5) is 4.79 Å². The molecule has 0 spiro atoms. The SMILES string of the molecule is CCCc1c(OCC(O)COc2ccc(/C=C3\SC(=O)N(C)C3=O)cc2)ccc(Cl)c1Cl. The Kier molecular flexibility index (Phi) is 8.48. The third-order valence-electron chi connectivity index (χ3n) is 4.69. The van der Waals surface area contributed by atoms with Gasteiger partial charge in [0.05, 0.1) is 15.0 Å². The van der Waals surface area contributed by atoms with E-state index in [0.29, 0.717) is 26.4 Å². The highest BCUT2D eigenvalue weighted by molar-refractivity contribution is 8.18. The van der Waals surface area contributed by atoms with Crippen molar-refractivity contribution in [3.05, 3.63) is 62.5 Å². The van der Waals surface area contributed by atoms with Crippen molar-refractivity contribution >= 4 is 52.2 Å². The predicted octanol–water partition coefficient (Wildman–Crippen LogP) is 5.43. The number of thioether (sulfide) groups is 1. The lowest BCUT2D eigenvalue weighted by Gasteiger charge is -2.17. The minimum atomic E-state index is -0.852. The monoisotopic (exact) mass is 495 g/mol. The van der Waals surface area contributed by atoms with Gasteiger partial charge in [0.2, 0.25) is 0 Å². The van der Waals surface area contributed by atoms with E-state index in [1.165, 1.54) is 7.05 Å². The van der Waals surface area contributed by atoms with Gasteiger partial charge in [-0.25, -0.2) is 0 Å². The Hall–Kier alpha value is -2.19. The average molecular weight is 496 g/mol. The minimum absolute atomic E-state index is 0.0402. The Morgan fingerprint density at radius 3 is 2.41 bits per heavy atom. The lowest BCUT2D eigenvalue weighted by Crippen LogP contribution is -2.25. The number of hydrogen-bond acceptors (Lipinski definition) is 6. The van der Waals surface area contributed by atoms with Gasteiger partial charge in [0, 0.05) is 12.6 Å². The molecule has 1 saturated heterocycles. The van der Waals surface area contributed by atoms with Gasteiger partial charge < -0.3 is 14.6 Å². The Morgan fingerprint density at radius 1 is 1.09 bits per heavy atom. The molecule has 9 heteroatoms. The van der Waals surface area contributed by atoms with Gasteiger partial charge in [-0.05, 0) is 54.1 Å². The molecule has 0 aliphatic carbocycles. The number of aliphatic hydroxyl groups excluding tert-OH is 1. The number of benzene rings is 2. The van der Waals surface area contributed by atoms with Crippen LogP contribution in [0.5, 0.6) is 11.5 Å². The van der Waals surface area contributed by atoms with Crippen molar-refractivity contribution in [3.63, 3.8) is 0 Å². The molecule has 1 aliphatic heterocycles. The molecule has 3 rings (SSSR count). The zero-order chi connectivity index (χ0) is 23.3. The number of carbonyl (C=O) groups excluding carboxylic acids is 2. The number of likely N-dealkylation sites (N-methyl/N-ethyl adjacent to an activating group) is 1. The summed E-state index contributed by atoms with van der Waals surface area (Å²) in [5, 5.41) is 10.9. The van der Waals surface area contributed by atoms with E-state index in [0.717, 1.165) is 40.6 Å². The number of halogens is 2. The number of amides is 2. The number of ether oxygens (including phenoxy) is 2. The highest BCUT2D eigenvalue weighted by Crippen LogP contribution is 2.34. The van der Waals surface area contributed by atoms with Crippen LogP contribution in [0.1, 0.15) is 24.5 Å². The molecule has 2 aromatic carbocycles. The van der Waals surface area contributed by atoms with Crippen molar-refractivity contribution in [2.24, 2.45) is 0 Å². The van der Waals surface area contributed by atoms with Crippen LogP contribution in [0.25, 0.3) is 6.08 Å². The maximum atomic E-state index is 12.0. The van der Waals surface area contributed by atoms with E-state index in [2.05, 4.69) is 0 Å². The largest absolute Gasteiger partial charge is 0.491 e. The molecule has 170 valence electrons. The summed E-state index contributed by atoms with van der Waals surface area (Å²) in [7, 11) is 1.45. The smallest absolute Gasteiger partial charge is 0.293 e. The summed E-state index contributed by atoms with van der Waals surface area (Å²) in [5.74, 6) is 0.847. The zero-order valence-electron chi connectivity index (χ0n) is 17.6. The van der Waals surface area contributed by atoms with Crippen LogP contribution in [0.15, 0.2) is 41.3 Å². The van der Waals surface area contributed by atoms with Gasteiger partial charge in [0.15, 0.2) is 0 Å². The second-order valence-corrected chi connectivity index (χ2v) is 8.95. The van der Waals surface area contributed by atoms with Crippen LogP contribution in [0.3, 0.4) is 0 Å². The summed E-state index contributed by atoms with van der Waals surface area (Å²) >= 11 is 13.3. The molecule has 1 fully saturated rings. The highest BCUT2D eigenvalue weighted by atomic mass is 35.5. The van der Waals surface area contributed by atoms with Crippen molar-refractivity contribution in [2.75, 3.05) is 20.3 Å². The van der Waals surface area contributed by atoms with Crippen molar-refractivity contribution in [1.29, 1.82) is 0 Å². The molecule has 1 N–H and O–H groups in total. The molecule has 0 saturated carbocycles. The summed E-state index contributed by atoms with van der Waals surface area (Å²) in [6.45, 7) is 2.12. The van der Waals surface area contributed by atoms with Crippen molar-refractivity contribution in [3.8, 4) is 11.5 Å². The third-order valence-corrected chi connectivity index (χ3v) is 6.50. The van der Waals surface area contributed by atoms with Crippen LogP contribution in [0.2, 0.25) is 10.0 Å². The van der Waals surface area contributed by atoms with Gasteiger partial charge in [-0.2, -0.15) is 0 Å². The first-order valence-corrected chi connectivity index (χ1v) is 11.6. The molecule has 1 unspecified atom stereocenters. The number of imide groups is 1. The fourth-order valence-electron chi connectivity index (χ4n) is 2.98. The fraction of sp³-hybridized carbons (Fsp3) is 0.304. The molecule has 1 atom stereocenters. The summed E-state index contributed by atoms with van der Waals surface area (Å²) < 4.78 is 11.4. The van der Waals surface area contributed by atoms with Crippen LogP contribution < -0.4 is 9.47 Å². The summed E-state index contributed by atoms with van der Waals surface area (Å²) in [4.78, 5) is 25.0. The van der Waals surface area contributed by atoms with E-state index in [-0.39, 0.29) is 24.4 Å². The van der Waals surface area contributed by atoms with E-state index in [9.17, 15) is 14.7 Å². The fourth-order valence-corrected chi connectivity index (χ4v) is 4.23. The lowest BCUT2D eigenvalue weighted by molar-refractivity contribution is -0.121. The molecule has 1 heterocycles. The molecule has 6 nitrogen and oxygen atoms in total. The molecule has 32 heavy (non-hydrogen) atoms. The average Bonchev–Trinajstić information content (AvgIpc) is 3.02. The zero-order valence-corrected chi connectivity index (χ0v) is 20.0. The van der Waals surface area contributed by atoms with Gasteiger partial charge >= 0.3 is 0 Å². The first-order valence-electron chi connectivity index (χ1n) is 10.0. The molecular weight excluding hydrogens is 473 g/mol. The van der Waals surface area contributed by atoms with Crippen LogP contribution in [-0.4, -0.2) is 47.5 Å². The summed E-state index contributed by atoms with van der Waals surface area (Å²) in [6, 6.07) is 10.4. The van der Waals surface area contributed by atoms with E-state index >= 15 is 0 Å². The molecule has 0 aromatic heterocycles. The Morgan fingerprint density at radius 2 is 1.78 bits per heavy atom. The molecular formula is C23H23Cl2NO5S. The minimum Gasteiger partial charge on any atom is -0.491 e. The van der Waals surface area contributed by atoms with Crippen LogP contribution in [-0.2, 0) is 11.2 Å². The Balaban J connectivity index is 1.53. The second kappa shape index (κ2) is 11.1. The normalized spacial score (nSPS) is 16.0. The number of hydrogen-bond donors (Lipinski definition) is 1. The molecule has 2 aromatic rings. The molecule has 2 amide bonds. The quantitative estimate of drug-likeness (QED) is 0.467. The van der Waals surface area contributed by atoms with E-state index in [4.69, 9.17) is 32.7 Å². The number of carbonyl (C=O) groups is 2. The first kappa shape index (κ1) is 24.5. The molecule has 1 aliphatic rings. The van der Waals surface area contributed by atoms with Gasteiger partial charge in [-0.1, -0.05) is 48.7 Å². The predicted molar refractivity (Wildman–Crippen MR) is 128 cm³/mol. The van der Waals surface area contributed by atoms with Gasteiger partial charge in [-0.3, -0.25) is 14.5 Å². The van der Waals surface area contributed by atoms with Gasteiger partial charge in [0.1, 0.15) is 30.8 Å². The highest BCUT2D eigenvalue weighted by Gasteiger charge is 2.31.